The fraction of sp³-hybridized carbons (Fsp3) is 0.385. The minimum Gasteiger partial charge on any atom is -0.392 e. The topological polar surface area (TPSA) is 106 Å². The van der Waals surface area contributed by atoms with Crippen LogP contribution in [0.1, 0.15) is 11.8 Å². The average molecular weight is 292 g/mol. The molecule has 0 unspecified atom stereocenters. The molecule has 21 heavy (non-hydrogen) atoms. The molecule has 1 aliphatic rings. The van der Waals surface area contributed by atoms with E-state index in [-0.39, 0.29) is 5.82 Å². The summed E-state index contributed by atoms with van der Waals surface area (Å²) in [6.07, 6.45) is 1.89. The van der Waals surface area contributed by atoms with Crippen LogP contribution in [-0.4, -0.2) is 49.3 Å². The predicted octanol–water partition coefficient (Wildman–Crippen LogP) is -0.554. The van der Waals surface area contributed by atoms with E-state index >= 15 is 0 Å². The largest absolute Gasteiger partial charge is 0.392 e. The summed E-state index contributed by atoms with van der Waals surface area (Å²) in [6, 6.07) is 3.18. The van der Waals surface area contributed by atoms with Gasteiger partial charge in [0.15, 0.2) is 17.6 Å². The number of alkyl halides is 1. The Morgan fingerprint density at radius 2 is 2.33 bits per heavy atom. The molecule has 1 saturated heterocycles. The van der Waals surface area contributed by atoms with E-state index in [2.05, 4.69) is 16.0 Å². The second kappa shape index (κ2) is 4.66. The maximum absolute atomic E-state index is 14.4. The van der Waals surface area contributed by atoms with Crippen molar-refractivity contribution in [3.8, 4) is 12.3 Å². The third-order valence-corrected chi connectivity index (χ3v) is 3.69. The molecule has 0 saturated carbocycles. The Kier molecular flexibility index (Phi) is 3.06. The summed E-state index contributed by atoms with van der Waals surface area (Å²) >= 11 is 0. The molecule has 4 N–H and O–H groups in total. The molecule has 8 heteroatoms. The molecule has 2 aromatic heterocycles. The highest BCUT2D eigenvalue weighted by atomic mass is 19.1. The van der Waals surface area contributed by atoms with Crippen LogP contribution in [0, 0.1) is 12.3 Å². The van der Waals surface area contributed by atoms with Crippen LogP contribution >= 0.6 is 0 Å². The van der Waals surface area contributed by atoms with Crippen molar-refractivity contribution in [1.82, 2.24) is 14.6 Å². The number of terminal acetylenes is 1. The number of nitrogen functional groups attached to an aromatic ring is 1. The van der Waals surface area contributed by atoms with Gasteiger partial charge < -0.3 is 20.7 Å². The number of aliphatic hydroxyl groups is 2. The number of anilines is 1. The molecule has 3 rings (SSSR count). The number of nitrogens with zero attached hydrogens (tertiary/aromatic N) is 3. The molecule has 110 valence electrons. The smallest absolute Gasteiger partial charge is 0.180 e. The zero-order chi connectivity index (χ0) is 15.2. The van der Waals surface area contributed by atoms with Crippen LogP contribution in [0.15, 0.2) is 18.5 Å². The lowest BCUT2D eigenvalue weighted by molar-refractivity contribution is -0.0732. The van der Waals surface area contributed by atoms with Crippen molar-refractivity contribution in [1.29, 1.82) is 0 Å². The third kappa shape index (κ3) is 1.79. The first-order chi connectivity index (χ1) is 10.0. The number of aromatic nitrogens is 3. The minimum atomic E-state index is -1.80. The maximum atomic E-state index is 14.4. The highest BCUT2D eigenvalue weighted by Crippen LogP contribution is 2.41. The van der Waals surface area contributed by atoms with Crippen molar-refractivity contribution in [2.24, 2.45) is 0 Å². The van der Waals surface area contributed by atoms with E-state index in [0.717, 1.165) is 0 Å². The molecular weight excluding hydrogens is 279 g/mol. The van der Waals surface area contributed by atoms with Crippen molar-refractivity contribution in [2.75, 3.05) is 12.3 Å². The molecule has 0 aliphatic carbocycles. The molecule has 0 bridgehead atoms. The lowest BCUT2D eigenvalue weighted by Gasteiger charge is -2.23. The molecule has 0 radical (unpaired) electrons. The second-order valence-electron chi connectivity index (χ2n) is 4.82. The van der Waals surface area contributed by atoms with Gasteiger partial charge in [0.1, 0.15) is 24.1 Å². The molecule has 0 amide bonds. The van der Waals surface area contributed by atoms with Crippen molar-refractivity contribution in [3.63, 3.8) is 0 Å². The van der Waals surface area contributed by atoms with Gasteiger partial charge in [-0.15, -0.1) is 6.42 Å². The van der Waals surface area contributed by atoms with Gasteiger partial charge in [0.2, 0.25) is 0 Å². The SMILES string of the molecule is C#C[C@]1(CO)O[C@@H](c2ccc3c(N)ncnn23)[C@H](F)[C@@H]1O. The number of nitrogens with two attached hydrogens (primary N) is 1. The summed E-state index contributed by atoms with van der Waals surface area (Å²) in [5, 5.41) is 23.3. The Bertz CT molecular complexity index is 728. The Balaban J connectivity index is 2.08. The van der Waals surface area contributed by atoms with Crippen molar-refractivity contribution >= 4 is 11.3 Å². The molecule has 0 spiro atoms. The molecule has 2 aromatic rings. The number of rotatable bonds is 2. The zero-order valence-electron chi connectivity index (χ0n) is 10.8. The monoisotopic (exact) mass is 292 g/mol. The number of hydrogen-bond acceptors (Lipinski definition) is 6. The molecule has 7 nitrogen and oxygen atoms in total. The highest BCUT2D eigenvalue weighted by Gasteiger charge is 2.55. The first-order valence-corrected chi connectivity index (χ1v) is 6.21. The summed E-state index contributed by atoms with van der Waals surface area (Å²) in [7, 11) is 0. The van der Waals surface area contributed by atoms with Gasteiger partial charge in [-0.25, -0.2) is 13.9 Å². The number of fused-ring (bicyclic) bond motifs is 1. The van der Waals surface area contributed by atoms with Crippen LogP contribution in [0.3, 0.4) is 0 Å². The standard InChI is InChI=1S/C13H13FN4O3/c1-2-13(5-19)11(20)9(14)10(21-13)7-3-4-8-12(15)16-6-17-18(7)8/h1,3-4,6,9-11,19-20H,5H2,(H2,15,16,17)/t9-,10-,11-,13+/m0/s1. The Morgan fingerprint density at radius 1 is 1.57 bits per heavy atom. The maximum Gasteiger partial charge on any atom is 0.180 e. The molecule has 4 atom stereocenters. The molecule has 0 aromatic carbocycles. The Labute approximate surface area is 119 Å². The van der Waals surface area contributed by atoms with E-state index in [1.807, 2.05) is 0 Å². The first-order valence-electron chi connectivity index (χ1n) is 6.21. The van der Waals surface area contributed by atoms with Gasteiger partial charge in [-0.3, -0.25) is 0 Å². The van der Waals surface area contributed by atoms with E-state index in [4.69, 9.17) is 16.9 Å². The van der Waals surface area contributed by atoms with Crippen LogP contribution in [0.4, 0.5) is 10.2 Å². The third-order valence-electron chi connectivity index (χ3n) is 3.69. The van der Waals surface area contributed by atoms with E-state index in [1.54, 1.807) is 12.1 Å². The summed E-state index contributed by atoms with van der Waals surface area (Å²) in [5.74, 6) is 2.36. The Hall–Kier alpha value is -2.21. The van der Waals surface area contributed by atoms with Crippen molar-refractivity contribution < 1.29 is 19.3 Å². The lowest BCUT2D eigenvalue weighted by atomic mass is 9.96. The summed E-state index contributed by atoms with van der Waals surface area (Å²) in [5.41, 5.74) is 4.75. The van der Waals surface area contributed by atoms with Gasteiger partial charge in [0, 0.05) is 0 Å². The van der Waals surface area contributed by atoms with Crippen LogP contribution in [-0.2, 0) is 4.74 Å². The number of halogens is 1. The van der Waals surface area contributed by atoms with Gasteiger partial charge in [-0.2, -0.15) is 5.10 Å². The van der Waals surface area contributed by atoms with Gasteiger partial charge >= 0.3 is 0 Å². The van der Waals surface area contributed by atoms with Crippen molar-refractivity contribution in [2.45, 2.75) is 24.0 Å². The highest BCUT2D eigenvalue weighted by molar-refractivity contribution is 5.65. The molecular formula is C13H13FN4O3. The zero-order valence-corrected chi connectivity index (χ0v) is 10.8. The Morgan fingerprint density at radius 3 is 2.95 bits per heavy atom. The van der Waals surface area contributed by atoms with Crippen molar-refractivity contribution in [3.05, 3.63) is 24.2 Å². The van der Waals surface area contributed by atoms with Gasteiger partial charge in [0.05, 0.1) is 12.3 Å². The van der Waals surface area contributed by atoms with E-state index in [1.165, 1.54) is 10.8 Å². The lowest BCUT2D eigenvalue weighted by Crippen LogP contribution is -2.44. The van der Waals surface area contributed by atoms with Crippen LogP contribution in [0.2, 0.25) is 0 Å². The van der Waals surface area contributed by atoms with Crippen LogP contribution < -0.4 is 5.73 Å². The number of hydrogen-bond donors (Lipinski definition) is 3. The fourth-order valence-corrected chi connectivity index (χ4v) is 2.49. The summed E-state index contributed by atoms with van der Waals surface area (Å²) < 4.78 is 21.2. The second-order valence-corrected chi connectivity index (χ2v) is 4.82. The number of aliphatic hydroxyl groups excluding tert-OH is 2. The summed E-state index contributed by atoms with van der Waals surface area (Å²) in [4.78, 5) is 3.83. The van der Waals surface area contributed by atoms with Gasteiger partial charge in [0.25, 0.3) is 0 Å². The van der Waals surface area contributed by atoms with Gasteiger partial charge in [-0.05, 0) is 12.1 Å². The van der Waals surface area contributed by atoms with E-state index < -0.39 is 30.6 Å². The predicted molar refractivity (Wildman–Crippen MR) is 70.8 cm³/mol. The average Bonchev–Trinajstić information content (AvgIpc) is 3.02. The van der Waals surface area contributed by atoms with Crippen LogP contribution in [0.25, 0.3) is 5.52 Å². The van der Waals surface area contributed by atoms with E-state index in [0.29, 0.717) is 11.2 Å². The quantitative estimate of drug-likeness (QED) is 0.641. The molecule has 1 fully saturated rings. The minimum absolute atomic E-state index is 0.232. The summed E-state index contributed by atoms with van der Waals surface area (Å²) in [6.45, 7) is -0.692. The molecule has 1 aliphatic heterocycles. The van der Waals surface area contributed by atoms with Crippen LogP contribution in [0.5, 0.6) is 0 Å². The molecule has 3 heterocycles. The first kappa shape index (κ1) is 13.8. The van der Waals surface area contributed by atoms with E-state index in [9.17, 15) is 14.6 Å². The normalized spacial score (nSPS) is 32.4. The van der Waals surface area contributed by atoms with Gasteiger partial charge in [-0.1, -0.05) is 5.92 Å². The fourth-order valence-electron chi connectivity index (χ4n) is 2.49. The number of ether oxygens (including phenoxy) is 1.